The maximum absolute atomic E-state index is 10.7. The number of carboxylic acids is 1. The van der Waals surface area contributed by atoms with Crippen molar-refractivity contribution in [1.29, 1.82) is 0 Å². The highest BCUT2D eigenvalue weighted by atomic mass is 16.5. The van der Waals surface area contributed by atoms with Crippen LogP contribution in [0.15, 0.2) is 11.8 Å². The van der Waals surface area contributed by atoms with Crippen LogP contribution in [-0.2, 0) is 9.53 Å². The molecule has 5 nitrogen and oxygen atoms in total. The molecule has 5 heteroatoms. The maximum atomic E-state index is 10.7. The Hall–Kier alpha value is -1.07. The number of aliphatic hydroxyl groups excluding tert-OH is 2. The molecule has 0 aliphatic rings. The van der Waals surface area contributed by atoms with Gasteiger partial charge in [-0.2, -0.15) is 0 Å². The maximum Gasteiger partial charge on any atom is 0.370 e. The molecule has 0 aromatic rings. The fourth-order valence-electron chi connectivity index (χ4n) is 1.20. The van der Waals surface area contributed by atoms with Gasteiger partial charge in [0.2, 0.25) is 0 Å². The molecule has 0 aromatic carbocycles. The zero-order valence-corrected chi connectivity index (χ0v) is 9.88. The summed E-state index contributed by atoms with van der Waals surface area (Å²) in [6, 6.07) is 0. The molecule has 0 fully saturated rings. The largest absolute Gasteiger partial charge is 0.483 e. The van der Waals surface area contributed by atoms with Crippen LogP contribution >= 0.6 is 0 Å². The number of carboxylic acid groups (broad SMARTS) is 1. The van der Waals surface area contributed by atoms with Crippen LogP contribution in [0.2, 0.25) is 0 Å². The van der Waals surface area contributed by atoms with Gasteiger partial charge in [0.15, 0.2) is 5.76 Å². The molecule has 94 valence electrons. The number of hydrogen-bond acceptors (Lipinski definition) is 4. The molecule has 16 heavy (non-hydrogen) atoms. The van der Waals surface area contributed by atoms with Gasteiger partial charge in [0, 0.05) is 6.42 Å². The first-order valence-corrected chi connectivity index (χ1v) is 5.27. The lowest BCUT2D eigenvalue weighted by molar-refractivity contribution is -0.138. The van der Waals surface area contributed by atoms with Gasteiger partial charge in [-0.25, -0.2) is 4.79 Å². The van der Waals surface area contributed by atoms with E-state index in [0.717, 1.165) is 0 Å². The third-order valence-corrected chi connectivity index (χ3v) is 2.21. The summed E-state index contributed by atoms with van der Waals surface area (Å²) in [6.45, 7) is 4.95. The molecule has 0 aromatic heterocycles. The van der Waals surface area contributed by atoms with Crippen LogP contribution in [0.4, 0.5) is 0 Å². The molecular formula is C11H20O5. The molecule has 0 amide bonds. The Labute approximate surface area is 95.4 Å². The smallest absolute Gasteiger partial charge is 0.370 e. The van der Waals surface area contributed by atoms with Crippen molar-refractivity contribution in [3.05, 3.63) is 11.8 Å². The van der Waals surface area contributed by atoms with Gasteiger partial charge >= 0.3 is 5.97 Å². The average Bonchev–Trinajstić information content (AvgIpc) is 2.22. The molecule has 2 atom stereocenters. The number of carbonyl (C=O) groups is 1. The Bertz CT molecular complexity index is 247. The first-order valence-electron chi connectivity index (χ1n) is 5.27. The molecule has 0 aliphatic carbocycles. The summed E-state index contributed by atoms with van der Waals surface area (Å²) in [5, 5.41) is 26.8. The van der Waals surface area contributed by atoms with E-state index in [4.69, 9.17) is 14.9 Å². The fraction of sp³-hybridized carbons (Fsp3) is 0.727. The van der Waals surface area contributed by atoms with Gasteiger partial charge in [-0.3, -0.25) is 0 Å². The Balaban J connectivity index is 4.50. The number of ether oxygens (including phenoxy) is 1. The van der Waals surface area contributed by atoms with Crippen LogP contribution < -0.4 is 0 Å². The minimum Gasteiger partial charge on any atom is -0.483 e. The molecular weight excluding hydrogens is 212 g/mol. The van der Waals surface area contributed by atoms with Gasteiger partial charge < -0.3 is 20.1 Å². The summed E-state index contributed by atoms with van der Waals surface area (Å²) in [5.41, 5.74) is 0. The minimum absolute atomic E-state index is 0.0514. The van der Waals surface area contributed by atoms with E-state index in [0.29, 0.717) is 0 Å². The van der Waals surface area contributed by atoms with Crippen molar-refractivity contribution in [3.63, 3.8) is 0 Å². The summed E-state index contributed by atoms with van der Waals surface area (Å²) in [7, 11) is 0. The van der Waals surface area contributed by atoms with E-state index >= 15 is 0 Å². The van der Waals surface area contributed by atoms with E-state index in [1.54, 1.807) is 6.92 Å². The van der Waals surface area contributed by atoms with E-state index < -0.39 is 18.2 Å². The molecule has 0 saturated heterocycles. The van der Waals surface area contributed by atoms with Gasteiger partial charge in [-0.05, 0) is 18.9 Å². The summed E-state index contributed by atoms with van der Waals surface area (Å²) < 4.78 is 5.29. The number of rotatable bonds is 7. The monoisotopic (exact) mass is 232 g/mol. The minimum atomic E-state index is -1.13. The van der Waals surface area contributed by atoms with Crippen LogP contribution in [0.3, 0.4) is 0 Å². The fourth-order valence-corrected chi connectivity index (χ4v) is 1.20. The quantitative estimate of drug-likeness (QED) is 0.445. The normalized spacial score (nSPS) is 16.0. The van der Waals surface area contributed by atoms with Crippen molar-refractivity contribution in [2.24, 2.45) is 5.92 Å². The van der Waals surface area contributed by atoms with Gasteiger partial charge in [0.25, 0.3) is 0 Å². The number of aliphatic hydroxyl groups is 2. The predicted octanol–water partition coefficient (Wildman–Crippen LogP) is 0.759. The van der Waals surface area contributed by atoms with Crippen molar-refractivity contribution >= 4 is 5.97 Å². The summed E-state index contributed by atoms with van der Waals surface area (Å²) >= 11 is 0. The van der Waals surface area contributed by atoms with Gasteiger partial charge in [0.1, 0.15) is 6.10 Å². The summed E-state index contributed by atoms with van der Waals surface area (Å²) in [4.78, 5) is 10.7. The van der Waals surface area contributed by atoms with Gasteiger partial charge in [0.05, 0.1) is 12.7 Å². The lowest BCUT2D eigenvalue weighted by atomic mass is 10.0. The molecule has 0 heterocycles. The van der Waals surface area contributed by atoms with Gasteiger partial charge in [-0.1, -0.05) is 13.8 Å². The van der Waals surface area contributed by atoms with E-state index in [1.807, 2.05) is 13.8 Å². The third kappa shape index (κ3) is 5.14. The molecule has 0 aliphatic heterocycles. The molecule has 0 rings (SSSR count). The summed E-state index contributed by atoms with van der Waals surface area (Å²) in [5.74, 6) is -1.22. The SMILES string of the molecule is C/C=C(\OC(CC(O)CO)C(C)C)C(=O)O. The molecule has 2 unspecified atom stereocenters. The second-order valence-electron chi connectivity index (χ2n) is 3.93. The Morgan fingerprint density at radius 1 is 1.44 bits per heavy atom. The first kappa shape index (κ1) is 14.9. The standard InChI is InChI=1S/C11H20O5/c1-4-9(11(14)15)16-10(7(2)3)5-8(13)6-12/h4,7-8,10,12-13H,5-6H2,1-3H3,(H,14,15)/b9-4-. The van der Waals surface area contributed by atoms with Crippen molar-refractivity contribution in [2.75, 3.05) is 6.61 Å². The number of aliphatic carboxylic acids is 1. The number of allylic oxidation sites excluding steroid dienone is 1. The van der Waals surface area contributed by atoms with Crippen LogP contribution in [0.25, 0.3) is 0 Å². The van der Waals surface area contributed by atoms with Crippen LogP contribution in [0.1, 0.15) is 27.2 Å². The molecule has 0 radical (unpaired) electrons. The van der Waals surface area contributed by atoms with E-state index in [-0.39, 0.29) is 24.7 Å². The predicted molar refractivity (Wildman–Crippen MR) is 58.8 cm³/mol. The Morgan fingerprint density at radius 2 is 2.00 bits per heavy atom. The first-order chi connectivity index (χ1) is 7.42. The molecule has 0 spiro atoms. The van der Waals surface area contributed by atoms with E-state index in [1.165, 1.54) is 6.08 Å². The molecule has 3 N–H and O–H groups in total. The van der Waals surface area contributed by atoms with Crippen molar-refractivity contribution in [2.45, 2.75) is 39.4 Å². The highest BCUT2D eigenvalue weighted by molar-refractivity contribution is 5.84. The highest BCUT2D eigenvalue weighted by Gasteiger charge is 2.22. The van der Waals surface area contributed by atoms with Crippen molar-refractivity contribution in [3.8, 4) is 0 Å². The van der Waals surface area contributed by atoms with Gasteiger partial charge in [-0.15, -0.1) is 0 Å². The Kier molecular flexibility index (Phi) is 6.76. The molecule has 0 bridgehead atoms. The lowest BCUT2D eigenvalue weighted by Crippen LogP contribution is -2.28. The second-order valence-corrected chi connectivity index (χ2v) is 3.93. The van der Waals surface area contributed by atoms with Crippen molar-refractivity contribution < 1.29 is 24.9 Å². The summed E-state index contributed by atoms with van der Waals surface area (Å²) in [6.07, 6.45) is 0.255. The van der Waals surface area contributed by atoms with E-state index in [2.05, 4.69) is 0 Å². The highest BCUT2D eigenvalue weighted by Crippen LogP contribution is 2.17. The van der Waals surface area contributed by atoms with Crippen LogP contribution in [0, 0.1) is 5.92 Å². The Morgan fingerprint density at radius 3 is 2.31 bits per heavy atom. The lowest BCUT2D eigenvalue weighted by Gasteiger charge is -2.24. The zero-order valence-electron chi connectivity index (χ0n) is 9.88. The average molecular weight is 232 g/mol. The zero-order chi connectivity index (χ0) is 12.7. The third-order valence-electron chi connectivity index (χ3n) is 2.21. The van der Waals surface area contributed by atoms with Crippen LogP contribution in [0.5, 0.6) is 0 Å². The van der Waals surface area contributed by atoms with Crippen molar-refractivity contribution in [1.82, 2.24) is 0 Å². The number of hydrogen-bond donors (Lipinski definition) is 3. The van der Waals surface area contributed by atoms with E-state index in [9.17, 15) is 9.90 Å². The topological polar surface area (TPSA) is 87.0 Å². The second kappa shape index (κ2) is 7.24. The molecule has 0 saturated carbocycles. The van der Waals surface area contributed by atoms with Crippen LogP contribution in [-0.4, -0.2) is 40.1 Å².